The first-order valence-corrected chi connectivity index (χ1v) is 10.1. The topological polar surface area (TPSA) is 64.1 Å². The molecule has 3 aromatic carbocycles. The predicted octanol–water partition coefficient (Wildman–Crippen LogP) is 5.74. The molecule has 31 heavy (non-hydrogen) atoms. The Labute approximate surface area is 181 Å². The zero-order valence-electron chi connectivity index (χ0n) is 17.4. The van der Waals surface area contributed by atoms with Crippen molar-refractivity contribution in [3.63, 3.8) is 0 Å². The van der Waals surface area contributed by atoms with Gasteiger partial charge in [-0.15, -0.1) is 0 Å². The number of nitrogens with one attached hydrogen (secondary N) is 1. The number of aryl methyl sites for hydroxylation is 1. The molecule has 0 fully saturated rings. The summed E-state index contributed by atoms with van der Waals surface area (Å²) >= 11 is 0. The molecule has 1 heterocycles. The molecule has 5 heteroatoms. The molecule has 4 aromatic rings. The number of rotatable bonds is 6. The summed E-state index contributed by atoms with van der Waals surface area (Å²) in [5.41, 5.74) is 4.65. The van der Waals surface area contributed by atoms with E-state index in [1.54, 1.807) is 24.5 Å². The summed E-state index contributed by atoms with van der Waals surface area (Å²) in [5.74, 6) is 0.577. The Hall–Kier alpha value is -3.99. The number of hydrogen-bond acceptors (Lipinski definition) is 4. The molecule has 0 spiro atoms. The highest BCUT2D eigenvalue weighted by Gasteiger charge is 2.12. The fraction of sp³-hybridized carbons (Fsp3) is 0.115. The number of nitrogens with zero attached hydrogens (tertiary/aromatic N) is 2. The van der Waals surface area contributed by atoms with Gasteiger partial charge in [-0.25, -0.2) is 9.97 Å². The summed E-state index contributed by atoms with van der Waals surface area (Å²) in [6, 6.07) is 25.2. The lowest BCUT2D eigenvalue weighted by Crippen LogP contribution is -2.26. The Morgan fingerprint density at radius 1 is 0.839 bits per heavy atom. The molecule has 1 N–H and O–H groups in total. The summed E-state index contributed by atoms with van der Waals surface area (Å²) in [5, 5.41) is 3.04. The lowest BCUT2D eigenvalue weighted by Gasteiger charge is -2.15. The van der Waals surface area contributed by atoms with Crippen molar-refractivity contribution in [1.29, 1.82) is 0 Å². The van der Waals surface area contributed by atoms with Crippen molar-refractivity contribution < 1.29 is 9.53 Å². The fourth-order valence-electron chi connectivity index (χ4n) is 3.14. The summed E-state index contributed by atoms with van der Waals surface area (Å²) < 4.78 is 5.62. The minimum absolute atomic E-state index is 0.0710. The number of ether oxygens (including phenoxy) is 1. The quantitative estimate of drug-likeness (QED) is 0.441. The van der Waals surface area contributed by atoms with Crippen LogP contribution in [0.3, 0.4) is 0 Å². The highest BCUT2D eigenvalue weighted by atomic mass is 16.5. The van der Waals surface area contributed by atoms with Crippen molar-refractivity contribution >= 4 is 5.91 Å². The van der Waals surface area contributed by atoms with Crippen LogP contribution in [0.2, 0.25) is 0 Å². The summed E-state index contributed by atoms with van der Waals surface area (Å²) in [6.07, 6.45) is 3.42. The third kappa shape index (κ3) is 5.14. The first-order valence-electron chi connectivity index (χ1n) is 10.1. The van der Waals surface area contributed by atoms with E-state index in [2.05, 4.69) is 15.3 Å². The molecule has 0 aliphatic rings. The van der Waals surface area contributed by atoms with Crippen LogP contribution in [0.4, 0.5) is 0 Å². The monoisotopic (exact) mass is 409 g/mol. The number of benzene rings is 3. The van der Waals surface area contributed by atoms with E-state index in [1.165, 1.54) is 5.56 Å². The van der Waals surface area contributed by atoms with E-state index in [1.807, 2.05) is 80.6 Å². The van der Waals surface area contributed by atoms with Gasteiger partial charge in [0, 0.05) is 23.5 Å². The standard InChI is InChI=1S/C26H23N3O2/c1-18-8-10-20(11-9-18)19(2)29-25(30)22-14-12-21(13-15-22)23-16-27-26(28-17-23)31-24-6-4-3-5-7-24/h3-17,19H,1-2H3,(H,29,30)/t19-/m1/s1. The van der Waals surface area contributed by atoms with Crippen molar-refractivity contribution in [2.45, 2.75) is 19.9 Å². The fourth-order valence-corrected chi connectivity index (χ4v) is 3.14. The molecule has 0 aliphatic heterocycles. The summed E-state index contributed by atoms with van der Waals surface area (Å²) in [6.45, 7) is 4.02. The van der Waals surface area contributed by atoms with E-state index >= 15 is 0 Å². The van der Waals surface area contributed by atoms with Gasteiger partial charge in [0.1, 0.15) is 5.75 Å². The van der Waals surface area contributed by atoms with E-state index in [4.69, 9.17) is 4.74 Å². The molecule has 1 aromatic heterocycles. The van der Waals surface area contributed by atoms with Crippen LogP contribution in [-0.2, 0) is 0 Å². The molecule has 4 rings (SSSR count). The van der Waals surface area contributed by atoms with Gasteiger partial charge in [-0.2, -0.15) is 0 Å². The number of para-hydroxylation sites is 1. The Morgan fingerprint density at radius 2 is 1.48 bits per heavy atom. The Morgan fingerprint density at radius 3 is 2.13 bits per heavy atom. The second kappa shape index (κ2) is 9.22. The van der Waals surface area contributed by atoms with Gasteiger partial charge >= 0.3 is 6.01 Å². The summed E-state index contributed by atoms with van der Waals surface area (Å²) in [7, 11) is 0. The van der Waals surface area contributed by atoms with E-state index in [0.29, 0.717) is 11.3 Å². The molecule has 0 saturated heterocycles. The Bertz CT molecular complexity index is 1140. The van der Waals surface area contributed by atoms with E-state index in [-0.39, 0.29) is 18.0 Å². The minimum Gasteiger partial charge on any atom is -0.424 e. The van der Waals surface area contributed by atoms with Crippen LogP contribution in [0.5, 0.6) is 11.8 Å². The van der Waals surface area contributed by atoms with Crippen LogP contribution in [-0.4, -0.2) is 15.9 Å². The third-order valence-electron chi connectivity index (χ3n) is 4.99. The van der Waals surface area contributed by atoms with Crippen molar-refractivity contribution in [3.05, 3.63) is 108 Å². The molecule has 0 radical (unpaired) electrons. The maximum atomic E-state index is 12.6. The largest absolute Gasteiger partial charge is 0.424 e. The van der Waals surface area contributed by atoms with E-state index in [0.717, 1.165) is 16.7 Å². The maximum Gasteiger partial charge on any atom is 0.321 e. The second-order valence-corrected chi connectivity index (χ2v) is 7.35. The van der Waals surface area contributed by atoms with Crippen LogP contribution in [0.1, 0.15) is 34.5 Å². The first kappa shape index (κ1) is 20.3. The van der Waals surface area contributed by atoms with Crippen LogP contribution in [0.15, 0.2) is 91.3 Å². The maximum absolute atomic E-state index is 12.6. The predicted molar refractivity (Wildman–Crippen MR) is 121 cm³/mol. The molecule has 1 atom stereocenters. The van der Waals surface area contributed by atoms with Gasteiger partial charge in [0.2, 0.25) is 0 Å². The highest BCUT2D eigenvalue weighted by molar-refractivity contribution is 5.94. The molecule has 0 saturated carbocycles. The SMILES string of the molecule is Cc1ccc([C@@H](C)NC(=O)c2ccc(-c3cnc(Oc4ccccc4)nc3)cc2)cc1. The number of carbonyl (C=O) groups is 1. The van der Waals surface area contributed by atoms with Gasteiger partial charge in [0.25, 0.3) is 5.91 Å². The van der Waals surface area contributed by atoms with Gasteiger partial charge in [0.05, 0.1) is 6.04 Å². The smallest absolute Gasteiger partial charge is 0.321 e. The van der Waals surface area contributed by atoms with Gasteiger partial charge in [-0.05, 0) is 49.2 Å². The second-order valence-electron chi connectivity index (χ2n) is 7.35. The van der Waals surface area contributed by atoms with Crippen LogP contribution in [0.25, 0.3) is 11.1 Å². The first-order chi connectivity index (χ1) is 15.1. The number of amides is 1. The number of aromatic nitrogens is 2. The normalized spacial score (nSPS) is 11.5. The lowest BCUT2D eigenvalue weighted by molar-refractivity contribution is 0.0940. The highest BCUT2D eigenvalue weighted by Crippen LogP contribution is 2.22. The van der Waals surface area contributed by atoms with E-state index < -0.39 is 0 Å². The molecular formula is C26H23N3O2. The Balaban J connectivity index is 1.40. The molecular weight excluding hydrogens is 386 g/mol. The average Bonchev–Trinajstić information content (AvgIpc) is 2.81. The molecule has 154 valence electrons. The summed E-state index contributed by atoms with van der Waals surface area (Å²) in [4.78, 5) is 21.2. The molecule has 0 aliphatic carbocycles. The van der Waals surface area contributed by atoms with Crippen LogP contribution < -0.4 is 10.1 Å². The molecule has 5 nitrogen and oxygen atoms in total. The van der Waals surface area contributed by atoms with Gasteiger partial charge < -0.3 is 10.1 Å². The van der Waals surface area contributed by atoms with Crippen molar-refractivity contribution in [2.75, 3.05) is 0 Å². The zero-order valence-corrected chi connectivity index (χ0v) is 17.4. The molecule has 0 bridgehead atoms. The van der Waals surface area contributed by atoms with Gasteiger partial charge in [-0.1, -0.05) is 60.2 Å². The average molecular weight is 409 g/mol. The van der Waals surface area contributed by atoms with Crippen LogP contribution >= 0.6 is 0 Å². The number of carbonyl (C=O) groups excluding carboxylic acids is 1. The van der Waals surface area contributed by atoms with Crippen molar-refractivity contribution in [1.82, 2.24) is 15.3 Å². The number of hydrogen-bond donors (Lipinski definition) is 1. The lowest BCUT2D eigenvalue weighted by atomic mass is 10.0. The Kier molecular flexibility index (Phi) is 6.03. The zero-order chi connectivity index (χ0) is 21.6. The van der Waals surface area contributed by atoms with Gasteiger partial charge in [-0.3, -0.25) is 4.79 Å². The minimum atomic E-state index is -0.109. The van der Waals surface area contributed by atoms with Crippen LogP contribution in [0, 0.1) is 6.92 Å². The van der Waals surface area contributed by atoms with E-state index in [9.17, 15) is 4.79 Å². The van der Waals surface area contributed by atoms with Gasteiger partial charge in [0.15, 0.2) is 0 Å². The van der Waals surface area contributed by atoms with Crippen molar-refractivity contribution in [2.24, 2.45) is 0 Å². The van der Waals surface area contributed by atoms with Crippen molar-refractivity contribution in [3.8, 4) is 22.9 Å². The molecule has 0 unspecified atom stereocenters. The molecule has 1 amide bonds. The third-order valence-corrected chi connectivity index (χ3v) is 4.99.